The third-order valence-corrected chi connectivity index (χ3v) is 18.6. The van der Waals surface area contributed by atoms with Gasteiger partial charge in [-0.15, -0.1) is 0 Å². The van der Waals surface area contributed by atoms with Gasteiger partial charge in [0.15, 0.2) is 0 Å². The van der Waals surface area contributed by atoms with Crippen LogP contribution in [0.15, 0.2) is 308 Å². The average molecular weight is 1260 g/mol. The number of nitrogens with zero attached hydrogens (tertiary/aromatic N) is 3. The van der Waals surface area contributed by atoms with Gasteiger partial charge in [0.2, 0.25) is 0 Å². The number of para-hydroxylation sites is 1. The summed E-state index contributed by atoms with van der Waals surface area (Å²) < 4.78 is 2.46. The normalized spacial score (nSPS) is 18.2. The summed E-state index contributed by atoms with van der Waals surface area (Å²) in [5.41, 5.74) is 39.0. The Hall–Kier alpha value is -10.5. The number of fused-ring (bicyclic) bond motifs is 7. The second-order valence-electron chi connectivity index (χ2n) is 25.4. The fourth-order valence-electron chi connectivity index (χ4n) is 13.6. The predicted molar refractivity (Wildman–Crippen MR) is 420 cm³/mol. The fourth-order valence-corrected chi connectivity index (χ4v) is 13.6. The zero-order valence-corrected chi connectivity index (χ0v) is 58.0. The first-order valence-corrected chi connectivity index (χ1v) is 33.7. The van der Waals surface area contributed by atoms with Crippen molar-refractivity contribution in [2.24, 2.45) is 21.5 Å². The highest BCUT2D eigenvalue weighted by atomic mass is 15.0. The zero-order valence-electron chi connectivity index (χ0n) is 58.0. The summed E-state index contributed by atoms with van der Waals surface area (Å²) in [4.78, 5) is 9.06. The number of hydrogen-bond donors (Lipinski definition) is 2. The number of nitrogens with two attached hydrogens (primary N) is 2. The zero-order chi connectivity index (χ0) is 68.2. The Morgan fingerprint density at radius 1 is 0.635 bits per heavy atom. The second kappa shape index (κ2) is 33.1. The minimum Gasteiger partial charge on any atom is -0.405 e. The number of allylic oxidation sites excluding steroid dienone is 18. The van der Waals surface area contributed by atoms with Crippen molar-refractivity contribution in [2.75, 3.05) is 7.05 Å². The van der Waals surface area contributed by atoms with Gasteiger partial charge in [0.05, 0.1) is 17.1 Å². The maximum Gasteiger partial charge on any atom is 0.0811 e. The van der Waals surface area contributed by atoms with Crippen molar-refractivity contribution in [2.45, 2.75) is 105 Å². The fraction of sp³-hybridized carbons (Fsp3) is 0.187. The highest BCUT2D eigenvalue weighted by molar-refractivity contribution is 6.13. The lowest BCUT2D eigenvalue weighted by atomic mass is 9.72. The number of benzene rings is 8. The summed E-state index contributed by atoms with van der Waals surface area (Å²) in [6.45, 7) is 28.7. The third kappa shape index (κ3) is 15.8. The molecule has 0 aliphatic heterocycles. The number of aryl methyl sites for hydroxylation is 4. The van der Waals surface area contributed by atoms with Crippen molar-refractivity contribution in [3.05, 3.63) is 364 Å². The SMILES string of the molecule is C=C/C=C(C)\C=C(/CC)c1c(C)cccc1CN.C=C/C=C1/Cc2cccc(C3(C)\C=C/C=C\C=C\C3N=C/C=C/C=C\C=C/N)c2/C1=C/n1c2ccccc2c2cc3c(cc21)C(C)(C)c1cc(C)c(-c2ccccc2C)cc1-3.CCc1ccccc1.CN=Cc1ccccc1. The molecule has 0 spiro atoms. The van der Waals surface area contributed by atoms with Crippen LogP contribution in [0.2, 0.25) is 0 Å². The van der Waals surface area contributed by atoms with Gasteiger partial charge in [-0.3, -0.25) is 9.98 Å². The molecule has 9 aromatic rings. The van der Waals surface area contributed by atoms with E-state index in [4.69, 9.17) is 16.5 Å². The Balaban J connectivity index is 0.000000249. The molecule has 12 rings (SSSR count). The van der Waals surface area contributed by atoms with Crippen LogP contribution >= 0.6 is 0 Å². The Morgan fingerprint density at radius 3 is 2.02 bits per heavy atom. The molecule has 1 heterocycles. The largest absolute Gasteiger partial charge is 0.405 e. The smallest absolute Gasteiger partial charge is 0.0811 e. The summed E-state index contributed by atoms with van der Waals surface area (Å²) in [6, 6.07) is 61.0. The first-order chi connectivity index (χ1) is 46.6. The Bertz CT molecular complexity index is 4630. The predicted octanol–water partition coefficient (Wildman–Crippen LogP) is 22.4. The number of rotatable bonds is 15. The molecule has 0 fully saturated rings. The Kier molecular flexibility index (Phi) is 24.1. The van der Waals surface area contributed by atoms with E-state index in [1.165, 1.54) is 134 Å². The molecule has 5 nitrogen and oxygen atoms in total. The van der Waals surface area contributed by atoms with Gasteiger partial charge in [0, 0.05) is 59.4 Å². The Labute approximate surface area is 572 Å². The maximum absolute atomic E-state index is 5.84. The van der Waals surface area contributed by atoms with Crippen molar-refractivity contribution in [3.8, 4) is 22.3 Å². The van der Waals surface area contributed by atoms with Crippen molar-refractivity contribution in [3.63, 3.8) is 0 Å². The molecule has 2 unspecified atom stereocenters. The van der Waals surface area contributed by atoms with Gasteiger partial charge in [-0.1, -0.05) is 277 Å². The van der Waals surface area contributed by atoms with Crippen molar-refractivity contribution in [1.82, 2.24) is 4.57 Å². The van der Waals surface area contributed by atoms with Crippen LogP contribution in [0.3, 0.4) is 0 Å². The monoisotopic (exact) mass is 1260 g/mol. The van der Waals surface area contributed by atoms with E-state index < -0.39 is 5.41 Å². The summed E-state index contributed by atoms with van der Waals surface area (Å²) in [7, 11) is 1.77. The van der Waals surface area contributed by atoms with Crippen LogP contribution < -0.4 is 11.5 Å². The van der Waals surface area contributed by atoms with Gasteiger partial charge >= 0.3 is 0 Å². The molecule has 1 aromatic heterocycles. The van der Waals surface area contributed by atoms with E-state index in [1.807, 2.05) is 91.4 Å². The molecule has 484 valence electrons. The molecule has 2 atom stereocenters. The van der Waals surface area contributed by atoms with Crippen LogP contribution in [0.1, 0.15) is 115 Å². The molecule has 0 saturated carbocycles. The van der Waals surface area contributed by atoms with E-state index in [2.05, 4.69) is 273 Å². The van der Waals surface area contributed by atoms with Crippen LogP contribution in [-0.4, -0.2) is 30.1 Å². The van der Waals surface area contributed by atoms with Crippen LogP contribution in [-0.2, 0) is 30.2 Å². The summed E-state index contributed by atoms with van der Waals surface area (Å²) in [6.07, 6.45) is 43.4. The summed E-state index contributed by atoms with van der Waals surface area (Å²) >= 11 is 0. The van der Waals surface area contributed by atoms with Gasteiger partial charge < -0.3 is 16.0 Å². The lowest BCUT2D eigenvalue weighted by Gasteiger charge is -2.34. The standard InChI is InChI=1S/C58H53N3.C17H23N.C8H9N.C8H10/c1-7-22-41-34-42-24-21-27-50(58(6)30-18-10-9-13-29-55(58)60-32-20-12-8-11-19-31-59)56(42)49(41)38-61-53-28-17-16-26-44(53)48-36-47-46-35-45(43-25-15-14-23-39(43)2)40(3)33-51(46)57(4,5)52(47)37-54(48)61;1-5-8-13(3)11-15(6-2)17-14(4)9-7-10-16(17)12-18;1-9-7-8-5-3-2-4-6-8;1-2-8-6-4-3-5-7-8/h7-33,35-38,55H,1,34,59H2,2-6H3;5,7-11H,1,6,12,18H2,2-4H3;2-7H,1H3;3-7H,2H2,1H3/b10-9-,11-8-,20-12+,29-13+,30-18-,31-19-,41-22-,49-38+,60-32?;13-8-,15-11+;;. The topological polar surface area (TPSA) is 81.7 Å². The first kappa shape index (κ1) is 69.9. The van der Waals surface area contributed by atoms with Crippen molar-refractivity contribution in [1.29, 1.82) is 0 Å². The van der Waals surface area contributed by atoms with Gasteiger partial charge in [-0.2, -0.15) is 0 Å². The summed E-state index contributed by atoms with van der Waals surface area (Å²) in [5.74, 6) is 0. The number of aliphatic imine (C=N–C) groups is 2. The average Bonchev–Trinajstić information content (AvgIpc) is 1.55. The van der Waals surface area contributed by atoms with Gasteiger partial charge in [-0.25, -0.2) is 0 Å². The second-order valence-corrected chi connectivity index (χ2v) is 25.4. The van der Waals surface area contributed by atoms with Crippen molar-refractivity contribution >= 4 is 51.6 Å². The quantitative estimate of drug-likeness (QED) is 0.0792. The lowest BCUT2D eigenvalue weighted by molar-refractivity contribution is 0.526. The van der Waals surface area contributed by atoms with Crippen molar-refractivity contribution < 1.29 is 0 Å². The van der Waals surface area contributed by atoms with Crippen LogP contribution in [0, 0.1) is 20.8 Å². The molecule has 0 saturated heterocycles. The molecule has 3 aliphatic rings. The molecule has 96 heavy (non-hydrogen) atoms. The van der Waals surface area contributed by atoms with E-state index in [0.717, 1.165) is 24.8 Å². The minimum atomic E-state index is -0.454. The van der Waals surface area contributed by atoms with E-state index in [-0.39, 0.29) is 11.5 Å². The molecule has 4 N–H and O–H groups in total. The molecule has 8 aromatic carbocycles. The molecular formula is C91H95N5. The molecule has 0 bridgehead atoms. The van der Waals surface area contributed by atoms with E-state index in [1.54, 1.807) is 13.1 Å². The molecule has 0 radical (unpaired) electrons. The molecule has 5 heteroatoms. The molecule has 0 amide bonds. The number of hydrogen-bond acceptors (Lipinski definition) is 4. The first-order valence-electron chi connectivity index (χ1n) is 33.7. The van der Waals surface area contributed by atoms with Crippen LogP contribution in [0.25, 0.3) is 61.4 Å². The van der Waals surface area contributed by atoms with Crippen LogP contribution in [0.4, 0.5) is 0 Å². The Morgan fingerprint density at radius 2 is 1.31 bits per heavy atom. The maximum atomic E-state index is 5.84. The van der Waals surface area contributed by atoms with Gasteiger partial charge in [-0.05, 0) is 197 Å². The van der Waals surface area contributed by atoms with E-state index >= 15 is 0 Å². The lowest BCUT2D eigenvalue weighted by Crippen LogP contribution is -2.33. The third-order valence-electron chi connectivity index (χ3n) is 18.6. The summed E-state index contributed by atoms with van der Waals surface area (Å²) in [5, 5.41) is 2.51. The number of aromatic nitrogens is 1. The highest BCUT2D eigenvalue weighted by Crippen LogP contribution is 2.53. The van der Waals surface area contributed by atoms with Crippen LogP contribution in [0.5, 0.6) is 0 Å². The van der Waals surface area contributed by atoms with Gasteiger partial charge in [0.25, 0.3) is 0 Å². The molecule has 3 aliphatic carbocycles. The highest BCUT2D eigenvalue weighted by Gasteiger charge is 2.39. The van der Waals surface area contributed by atoms with E-state index in [0.29, 0.717) is 6.54 Å². The minimum absolute atomic E-state index is 0.152. The molecular weight excluding hydrogens is 1160 g/mol. The van der Waals surface area contributed by atoms with Gasteiger partial charge in [0.1, 0.15) is 0 Å². The van der Waals surface area contributed by atoms with E-state index in [9.17, 15) is 0 Å².